The van der Waals surface area contributed by atoms with Crippen LogP contribution in [0.4, 0.5) is 16.5 Å². The number of thioether (sulfide) groups is 1. The number of anilines is 3. The van der Waals surface area contributed by atoms with Crippen molar-refractivity contribution in [2.45, 2.75) is 18.2 Å². The summed E-state index contributed by atoms with van der Waals surface area (Å²) in [4.78, 5) is 24.2. The van der Waals surface area contributed by atoms with Crippen LogP contribution in [0.5, 0.6) is 5.75 Å². The summed E-state index contributed by atoms with van der Waals surface area (Å²) in [5, 5.41) is 17.4. The molecule has 10 heteroatoms. The first kappa shape index (κ1) is 22.6. The van der Waals surface area contributed by atoms with E-state index in [4.69, 9.17) is 4.74 Å². The third-order valence-electron chi connectivity index (χ3n) is 4.41. The molecular weight excluding hydrogens is 434 g/mol. The van der Waals surface area contributed by atoms with Crippen LogP contribution < -0.4 is 20.7 Å². The Bertz CT molecular complexity index is 1070. The molecule has 162 valence electrons. The lowest BCUT2D eigenvalue weighted by Crippen LogP contribution is -2.34. The molecule has 1 aromatic heterocycles. The molecule has 0 aliphatic rings. The van der Waals surface area contributed by atoms with Crippen molar-refractivity contribution in [2.75, 3.05) is 30.0 Å². The number of hydrogen-bond donors (Lipinski definition) is 3. The van der Waals surface area contributed by atoms with E-state index < -0.39 is 0 Å². The molecular formula is C21H23N5O3S2. The van der Waals surface area contributed by atoms with Gasteiger partial charge in [0.25, 0.3) is 0 Å². The van der Waals surface area contributed by atoms with E-state index in [-0.39, 0.29) is 24.1 Å². The summed E-state index contributed by atoms with van der Waals surface area (Å²) in [7, 11) is 1.60. The summed E-state index contributed by atoms with van der Waals surface area (Å²) >= 11 is 2.59. The predicted octanol–water partition coefficient (Wildman–Crippen LogP) is 3.75. The van der Waals surface area contributed by atoms with E-state index in [2.05, 4.69) is 26.1 Å². The van der Waals surface area contributed by atoms with Crippen LogP contribution in [-0.4, -0.2) is 41.4 Å². The number of benzene rings is 2. The van der Waals surface area contributed by atoms with Crippen LogP contribution >= 0.6 is 23.1 Å². The molecule has 3 N–H and O–H groups in total. The molecule has 3 rings (SSSR count). The van der Waals surface area contributed by atoms with E-state index in [1.807, 2.05) is 56.3 Å². The van der Waals surface area contributed by atoms with E-state index in [0.29, 0.717) is 15.2 Å². The zero-order valence-corrected chi connectivity index (χ0v) is 19.0. The van der Waals surface area contributed by atoms with Crippen LogP contribution in [0.3, 0.4) is 0 Å². The molecule has 0 saturated carbocycles. The topological polar surface area (TPSA) is 105 Å². The van der Waals surface area contributed by atoms with Crippen LogP contribution in [0, 0.1) is 13.8 Å². The Morgan fingerprint density at radius 1 is 1.03 bits per heavy atom. The summed E-state index contributed by atoms with van der Waals surface area (Å²) < 4.78 is 5.95. The van der Waals surface area contributed by atoms with Gasteiger partial charge in [0.15, 0.2) is 4.34 Å². The van der Waals surface area contributed by atoms with Gasteiger partial charge in [0, 0.05) is 5.69 Å². The lowest BCUT2D eigenvalue weighted by Gasteiger charge is -2.10. The van der Waals surface area contributed by atoms with E-state index in [9.17, 15) is 9.59 Å². The quantitative estimate of drug-likeness (QED) is 0.420. The Labute approximate surface area is 188 Å². The fourth-order valence-electron chi connectivity index (χ4n) is 2.62. The maximum Gasteiger partial charge on any atom is 0.243 e. The van der Waals surface area contributed by atoms with E-state index in [0.717, 1.165) is 22.5 Å². The minimum atomic E-state index is -0.272. The van der Waals surface area contributed by atoms with Crippen molar-refractivity contribution in [2.24, 2.45) is 0 Å². The van der Waals surface area contributed by atoms with Crippen LogP contribution in [-0.2, 0) is 9.59 Å². The fraction of sp³-hybridized carbons (Fsp3) is 0.238. The van der Waals surface area contributed by atoms with Gasteiger partial charge in [-0.3, -0.25) is 9.59 Å². The second-order valence-corrected chi connectivity index (χ2v) is 8.76. The molecule has 1 heterocycles. The third-order valence-corrected chi connectivity index (χ3v) is 6.38. The van der Waals surface area contributed by atoms with Crippen molar-refractivity contribution in [3.63, 3.8) is 0 Å². The number of rotatable bonds is 9. The number of hydrogen-bond acceptors (Lipinski definition) is 8. The zero-order chi connectivity index (χ0) is 22.2. The highest BCUT2D eigenvalue weighted by molar-refractivity contribution is 8.01. The molecule has 2 aromatic carbocycles. The van der Waals surface area contributed by atoms with Gasteiger partial charge < -0.3 is 20.7 Å². The van der Waals surface area contributed by atoms with Crippen LogP contribution in [0.2, 0.25) is 0 Å². The highest BCUT2D eigenvalue weighted by atomic mass is 32.2. The number of aromatic nitrogens is 2. The smallest absolute Gasteiger partial charge is 0.243 e. The number of para-hydroxylation sites is 2. The first-order chi connectivity index (χ1) is 15.0. The minimum Gasteiger partial charge on any atom is -0.495 e. The van der Waals surface area contributed by atoms with E-state index in [1.165, 1.54) is 23.1 Å². The lowest BCUT2D eigenvalue weighted by molar-refractivity contribution is -0.122. The zero-order valence-electron chi connectivity index (χ0n) is 17.4. The standard InChI is InChI=1S/C21H23N5O3S2/c1-13-7-6-9-15(14(13)2)23-18(27)11-22-19(28)12-30-21-26-25-20(31-21)24-16-8-4-5-10-17(16)29-3/h4-10H,11-12H2,1-3H3,(H,22,28)(H,23,27)(H,24,25). The third kappa shape index (κ3) is 6.43. The average molecular weight is 458 g/mol. The largest absolute Gasteiger partial charge is 0.495 e. The monoisotopic (exact) mass is 457 g/mol. The lowest BCUT2D eigenvalue weighted by atomic mass is 10.1. The van der Waals surface area contributed by atoms with Crippen LogP contribution in [0.1, 0.15) is 11.1 Å². The van der Waals surface area contributed by atoms with Gasteiger partial charge in [0.2, 0.25) is 16.9 Å². The highest BCUT2D eigenvalue weighted by Gasteiger charge is 2.12. The summed E-state index contributed by atoms with van der Waals surface area (Å²) in [5.41, 5.74) is 3.63. The van der Waals surface area contributed by atoms with Crippen molar-refractivity contribution in [1.82, 2.24) is 15.5 Å². The molecule has 0 aliphatic heterocycles. The summed E-state index contributed by atoms with van der Waals surface area (Å²) in [5.74, 6) is 0.312. The molecule has 0 radical (unpaired) electrons. The van der Waals surface area contributed by atoms with Crippen molar-refractivity contribution < 1.29 is 14.3 Å². The fourth-order valence-corrected chi connectivity index (χ4v) is 4.21. The minimum absolute atomic E-state index is 0.0937. The molecule has 0 spiro atoms. The van der Waals surface area contributed by atoms with Gasteiger partial charge >= 0.3 is 0 Å². The number of nitrogens with one attached hydrogen (secondary N) is 3. The Balaban J connectivity index is 1.44. The Morgan fingerprint density at radius 2 is 1.81 bits per heavy atom. The van der Waals surface area contributed by atoms with Crippen LogP contribution in [0.15, 0.2) is 46.8 Å². The number of ether oxygens (including phenoxy) is 1. The van der Waals surface area contributed by atoms with Crippen molar-refractivity contribution in [3.8, 4) is 5.75 Å². The van der Waals surface area contributed by atoms with Crippen molar-refractivity contribution in [3.05, 3.63) is 53.6 Å². The first-order valence-electron chi connectivity index (χ1n) is 9.45. The maximum absolute atomic E-state index is 12.1. The summed E-state index contributed by atoms with van der Waals surface area (Å²) in [6.07, 6.45) is 0. The Kier molecular flexibility index (Phi) is 7.85. The van der Waals surface area contributed by atoms with Gasteiger partial charge in [-0.1, -0.05) is 47.4 Å². The molecule has 0 bridgehead atoms. The normalized spacial score (nSPS) is 10.4. The maximum atomic E-state index is 12.1. The molecule has 0 unspecified atom stereocenters. The molecule has 0 saturated heterocycles. The average Bonchev–Trinajstić information content (AvgIpc) is 3.22. The van der Waals surface area contributed by atoms with Gasteiger partial charge in [0.1, 0.15) is 5.75 Å². The second-order valence-electron chi connectivity index (χ2n) is 6.56. The van der Waals surface area contributed by atoms with Gasteiger partial charge in [-0.15, -0.1) is 10.2 Å². The van der Waals surface area contributed by atoms with Gasteiger partial charge in [-0.25, -0.2) is 0 Å². The Hall–Kier alpha value is -3.11. The number of nitrogens with zero attached hydrogens (tertiary/aromatic N) is 2. The van der Waals surface area contributed by atoms with Gasteiger partial charge in [-0.05, 0) is 43.2 Å². The number of methoxy groups -OCH3 is 1. The molecule has 31 heavy (non-hydrogen) atoms. The molecule has 8 nitrogen and oxygen atoms in total. The van der Waals surface area contributed by atoms with Gasteiger partial charge in [-0.2, -0.15) is 0 Å². The number of carbonyl (C=O) groups excluding carboxylic acids is 2. The highest BCUT2D eigenvalue weighted by Crippen LogP contribution is 2.31. The predicted molar refractivity (Wildman–Crippen MR) is 124 cm³/mol. The Morgan fingerprint density at radius 3 is 2.61 bits per heavy atom. The van der Waals surface area contributed by atoms with E-state index in [1.54, 1.807) is 7.11 Å². The molecule has 0 aliphatic carbocycles. The summed E-state index contributed by atoms with van der Waals surface area (Å²) in [6.45, 7) is 3.83. The number of aryl methyl sites for hydroxylation is 1. The number of carbonyl (C=O) groups is 2. The second kappa shape index (κ2) is 10.8. The molecule has 0 fully saturated rings. The summed E-state index contributed by atoms with van der Waals surface area (Å²) in [6, 6.07) is 13.2. The number of amides is 2. The van der Waals surface area contributed by atoms with Crippen LogP contribution in [0.25, 0.3) is 0 Å². The SMILES string of the molecule is COc1ccccc1Nc1nnc(SCC(=O)NCC(=O)Nc2cccc(C)c2C)s1. The van der Waals surface area contributed by atoms with Crippen molar-refractivity contribution >= 4 is 51.4 Å². The van der Waals surface area contributed by atoms with Crippen molar-refractivity contribution in [1.29, 1.82) is 0 Å². The molecule has 0 atom stereocenters. The molecule has 3 aromatic rings. The van der Waals surface area contributed by atoms with Gasteiger partial charge in [0.05, 0.1) is 25.1 Å². The molecule has 2 amide bonds. The van der Waals surface area contributed by atoms with E-state index >= 15 is 0 Å². The first-order valence-corrected chi connectivity index (χ1v) is 11.3.